The smallest absolute Gasteiger partial charge is 0.205 e. The van der Waals surface area contributed by atoms with E-state index in [2.05, 4.69) is 0 Å². The van der Waals surface area contributed by atoms with Gasteiger partial charge in [0, 0.05) is 30.6 Å². The number of fused-ring (bicyclic) bond motifs is 1. The molecule has 0 fully saturated rings. The van der Waals surface area contributed by atoms with E-state index in [9.17, 15) is 13.5 Å². The van der Waals surface area contributed by atoms with Crippen molar-refractivity contribution in [2.45, 2.75) is 17.3 Å². The second-order valence-electron chi connectivity index (χ2n) is 4.67. The molecule has 2 aromatic carbocycles. The molecule has 5 heteroatoms. The zero-order valence-electron chi connectivity index (χ0n) is 11.2. The van der Waals surface area contributed by atoms with Gasteiger partial charge in [-0.2, -0.15) is 0 Å². The second kappa shape index (κ2) is 4.83. The molecule has 102 valence electrons. The Balaban J connectivity index is 2.83. The van der Waals surface area contributed by atoms with Crippen LogP contribution in [0.25, 0.3) is 10.8 Å². The van der Waals surface area contributed by atoms with Crippen molar-refractivity contribution in [1.29, 1.82) is 0 Å². The van der Waals surface area contributed by atoms with Crippen LogP contribution in [-0.4, -0.2) is 33.1 Å². The van der Waals surface area contributed by atoms with Crippen molar-refractivity contribution in [3.05, 3.63) is 36.4 Å². The van der Waals surface area contributed by atoms with Gasteiger partial charge >= 0.3 is 0 Å². The SMILES string of the molecule is CC(O)S(=O)(=O)c1cccc2c(N(C)C)cccc12. The van der Waals surface area contributed by atoms with Crippen LogP contribution in [0.3, 0.4) is 0 Å². The van der Waals surface area contributed by atoms with Crippen LogP contribution < -0.4 is 4.90 Å². The van der Waals surface area contributed by atoms with E-state index in [0.717, 1.165) is 11.1 Å². The number of hydrogen-bond donors (Lipinski definition) is 1. The minimum atomic E-state index is -3.71. The minimum absolute atomic E-state index is 0.170. The zero-order valence-corrected chi connectivity index (χ0v) is 12.0. The van der Waals surface area contributed by atoms with Crippen molar-refractivity contribution >= 4 is 26.3 Å². The molecular weight excluding hydrogens is 262 g/mol. The van der Waals surface area contributed by atoms with Crippen LogP contribution in [0.4, 0.5) is 5.69 Å². The van der Waals surface area contributed by atoms with Crippen LogP contribution in [0.1, 0.15) is 6.92 Å². The van der Waals surface area contributed by atoms with Crippen molar-refractivity contribution in [3.63, 3.8) is 0 Å². The van der Waals surface area contributed by atoms with Gasteiger partial charge in [0.1, 0.15) is 0 Å². The normalized spacial score (nSPS) is 13.5. The topological polar surface area (TPSA) is 57.6 Å². The summed E-state index contributed by atoms with van der Waals surface area (Å²) in [5, 5.41) is 11.0. The van der Waals surface area contributed by atoms with E-state index < -0.39 is 15.3 Å². The maximum absolute atomic E-state index is 12.2. The quantitative estimate of drug-likeness (QED) is 0.934. The predicted octanol–water partition coefficient (Wildman–Crippen LogP) is 2.02. The molecular formula is C14H17NO3S. The molecule has 0 heterocycles. The molecule has 0 spiro atoms. The number of nitrogens with zero attached hydrogens (tertiary/aromatic N) is 1. The summed E-state index contributed by atoms with van der Waals surface area (Å²) >= 11 is 0. The van der Waals surface area contributed by atoms with Gasteiger partial charge in [0.05, 0.1) is 4.90 Å². The number of aliphatic hydroxyl groups excluding tert-OH is 1. The third-order valence-electron chi connectivity index (χ3n) is 3.10. The highest BCUT2D eigenvalue weighted by molar-refractivity contribution is 7.92. The number of rotatable bonds is 3. The fraction of sp³-hybridized carbons (Fsp3) is 0.286. The van der Waals surface area contributed by atoms with Crippen molar-refractivity contribution in [3.8, 4) is 0 Å². The lowest BCUT2D eigenvalue weighted by Crippen LogP contribution is -2.17. The van der Waals surface area contributed by atoms with E-state index in [-0.39, 0.29) is 4.90 Å². The number of hydrogen-bond acceptors (Lipinski definition) is 4. The molecule has 0 aliphatic heterocycles. The largest absolute Gasteiger partial charge is 0.377 e. The Kier molecular flexibility index (Phi) is 3.52. The molecule has 0 bridgehead atoms. The van der Waals surface area contributed by atoms with E-state index in [4.69, 9.17) is 0 Å². The lowest BCUT2D eigenvalue weighted by molar-refractivity contribution is 0.268. The molecule has 4 nitrogen and oxygen atoms in total. The Morgan fingerprint density at radius 2 is 1.63 bits per heavy atom. The number of aliphatic hydroxyl groups is 1. The van der Waals surface area contributed by atoms with E-state index in [0.29, 0.717) is 5.39 Å². The standard InChI is InChI=1S/C14H17NO3S/c1-10(16)19(17,18)14-9-5-6-11-12(14)7-4-8-13(11)15(2)3/h4-10,16H,1-3H3. The highest BCUT2D eigenvalue weighted by atomic mass is 32.2. The second-order valence-corrected chi connectivity index (χ2v) is 6.88. The third kappa shape index (κ3) is 2.31. The molecule has 19 heavy (non-hydrogen) atoms. The summed E-state index contributed by atoms with van der Waals surface area (Å²) in [6, 6.07) is 10.6. The first-order chi connectivity index (χ1) is 8.85. The van der Waals surface area contributed by atoms with Crippen LogP contribution >= 0.6 is 0 Å². The van der Waals surface area contributed by atoms with Gasteiger partial charge in [-0.05, 0) is 19.1 Å². The van der Waals surface area contributed by atoms with Gasteiger partial charge in [0.25, 0.3) is 0 Å². The van der Waals surface area contributed by atoms with Crippen LogP contribution in [0.2, 0.25) is 0 Å². The summed E-state index contributed by atoms with van der Waals surface area (Å²) in [5.74, 6) is 0. The summed E-state index contributed by atoms with van der Waals surface area (Å²) in [6.45, 7) is 1.27. The first kappa shape index (κ1) is 13.8. The van der Waals surface area contributed by atoms with Crippen LogP contribution in [-0.2, 0) is 9.84 Å². The first-order valence-corrected chi connectivity index (χ1v) is 7.51. The van der Waals surface area contributed by atoms with E-state index in [1.165, 1.54) is 13.0 Å². The van der Waals surface area contributed by atoms with Gasteiger partial charge in [-0.25, -0.2) is 8.42 Å². The Bertz CT molecular complexity index is 706. The fourth-order valence-corrected chi connectivity index (χ4v) is 3.21. The highest BCUT2D eigenvalue weighted by Gasteiger charge is 2.23. The lowest BCUT2D eigenvalue weighted by atomic mass is 10.1. The lowest BCUT2D eigenvalue weighted by Gasteiger charge is -2.17. The van der Waals surface area contributed by atoms with Gasteiger partial charge in [0.15, 0.2) is 5.44 Å². The zero-order chi connectivity index (χ0) is 14.2. The summed E-state index contributed by atoms with van der Waals surface area (Å²) in [6.07, 6.45) is 0. The van der Waals surface area contributed by atoms with E-state index in [1.54, 1.807) is 12.1 Å². The summed E-state index contributed by atoms with van der Waals surface area (Å²) in [4.78, 5) is 2.10. The maximum Gasteiger partial charge on any atom is 0.205 e. The molecule has 0 saturated heterocycles. The fourth-order valence-electron chi connectivity index (χ4n) is 2.09. The van der Waals surface area contributed by atoms with Gasteiger partial charge < -0.3 is 10.0 Å². The molecule has 1 N–H and O–H groups in total. The average Bonchev–Trinajstić information content (AvgIpc) is 2.36. The summed E-state index contributed by atoms with van der Waals surface area (Å²) in [7, 11) is 0.106. The van der Waals surface area contributed by atoms with Crippen LogP contribution in [0.5, 0.6) is 0 Å². The minimum Gasteiger partial charge on any atom is -0.377 e. The van der Waals surface area contributed by atoms with Gasteiger partial charge in [-0.15, -0.1) is 0 Å². The molecule has 0 saturated carbocycles. The van der Waals surface area contributed by atoms with Gasteiger partial charge in [-0.1, -0.05) is 24.3 Å². The van der Waals surface area contributed by atoms with Crippen molar-refractivity contribution in [2.24, 2.45) is 0 Å². The summed E-state index contributed by atoms with van der Waals surface area (Å²) < 4.78 is 24.3. The van der Waals surface area contributed by atoms with E-state index in [1.807, 2.05) is 37.2 Å². The Labute approximate surface area is 113 Å². The Hall–Kier alpha value is -1.59. The molecule has 0 aliphatic carbocycles. The number of benzene rings is 2. The summed E-state index contributed by atoms with van der Waals surface area (Å²) in [5.41, 5.74) is -0.471. The monoisotopic (exact) mass is 279 g/mol. The molecule has 1 atom stereocenters. The van der Waals surface area contributed by atoms with Gasteiger partial charge in [0.2, 0.25) is 9.84 Å². The molecule has 2 aromatic rings. The molecule has 2 rings (SSSR count). The number of anilines is 1. The highest BCUT2D eigenvalue weighted by Crippen LogP contribution is 2.31. The molecule has 0 aromatic heterocycles. The predicted molar refractivity (Wildman–Crippen MR) is 77.1 cm³/mol. The van der Waals surface area contributed by atoms with Crippen molar-refractivity contribution < 1.29 is 13.5 Å². The third-order valence-corrected chi connectivity index (χ3v) is 4.96. The molecule has 0 amide bonds. The molecule has 0 aliphatic rings. The molecule has 0 radical (unpaired) electrons. The molecule has 1 unspecified atom stereocenters. The van der Waals surface area contributed by atoms with Crippen molar-refractivity contribution in [2.75, 3.05) is 19.0 Å². The van der Waals surface area contributed by atoms with Crippen molar-refractivity contribution in [1.82, 2.24) is 0 Å². The maximum atomic E-state index is 12.2. The van der Waals surface area contributed by atoms with E-state index >= 15 is 0 Å². The first-order valence-electron chi connectivity index (χ1n) is 5.96. The van der Waals surface area contributed by atoms with Crippen LogP contribution in [0, 0.1) is 0 Å². The van der Waals surface area contributed by atoms with Gasteiger partial charge in [-0.3, -0.25) is 0 Å². The number of sulfone groups is 1. The average molecular weight is 279 g/mol. The van der Waals surface area contributed by atoms with Crippen LogP contribution in [0.15, 0.2) is 41.3 Å². The Morgan fingerprint density at radius 1 is 1.05 bits per heavy atom. The Morgan fingerprint density at radius 3 is 2.21 bits per heavy atom.